The highest BCUT2D eigenvalue weighted by molar-refractivity contribution is 5.90. The second-order valence-corrected chi connectivity index (χ2v) is 6.88. The van der Waals surface area contributed by atoms with Gasteiger partial charge in [-0.2, -0.15) is 0 Å². The van der Waals surface area contributed by atoms with Crippen molar-refractivity contribution >= 4 is 5.97 Å². The van der Waals surface area contributed by atoms with E-state index >= 15 is 0 Å². The predicted octanol–water partition coefficient (Wildman–Crippen LogP) is 2.44. The Balaban J connectivity index is 2.00. The van der Waals surface area contributed by atoms with Gasteiger partial charge in [0.1, 0.15) is 6.10 Å². The van der Waals surface area contributed by atoms with Gasteiger partial charge < -0.3 is 9.84 Å². The van der Waals surface area contributed by atoms with Crippen molar-refractivity contribution in [3.05, 3.63) is 12.2 Å². The van der Waals surface area contributed by atoms with E-state index < -0.39 is 5.60 Å². The van der Waals surface area contributed by atoms with Crippen LogP contribution in [0.15, 0.2) is 12.2 Å². The minimum absolute atomic E-state index is 0.0562. The second kappa shape index (κ2) is 3.60. The molecule has 3 fully saturated rings. The number of hydrogen-bond donors (Lipinski definition) is 1. The first kappa shape index (κ1) is 12.2. The number of carbonyl (C=O) groups is 1. The summed E-state index contributed by atoms with van der Waals surface area (Å²) in [4.78, 5) is 11.7. The van der Waals surface area contributed by atoms with Crippen LogP contribution in [0.1, 0.15) is 46.0 Å². The van der Waals surface area contributed by atoms with Gasteiger partial charge in [0.2, 0.25) is 0 Å². The normalized spacial score (nSPS) is 51.6. The lowest BCUT2D eigenvalue weighted by Gasteiger charge is -2.55. The number of ether oxygens (including phenoxy) is 1. The highest BCUT2D eigenvalue weighted by atomic mass is 16.6. The molecule has 5 atom stereocenters. The number of carbonyl (C=O) groups excluding carboxylic acids is 1. The van der Waals surface area contributed by atoms with Gasteiger partial charge in [0.05, 0.1) is 5.60 Å². The standard InChI is InChI=1S/C15H22O3/c1-9-10-5-8-14(2)6-4-7-15(3,17)12(14)11(10)18-13(9)16/h10-12,17H,1,4-8H2,2-3H3/t10-,11-,12?,14+,15+/m0/s1. The van der Waals surface area contributed by atoms with Gasteiger partial charge in [-0.15, -0.1) is 0 Å². The van der Waals surface area contributed by atoms with Crippen LogP contribution >= 0.6 is 0 Å². The highest BCUT2D eigenvalue weighted by Gasteiger charge is 2.60. The van der Waals surface area contributed by atoms with Crippen LogP contribution < -0.4 is 0 Å². The Morgan fingerprint density at radius 1 is 1.33 bits per heavy atom. The van der Waals surface area contributed by atoms with Crippen LogP contribution in [0.2, 0.25) is 0 Å². The van der Waals surface area contributed by atoms with Crippen LogP contribution in [0, 0.1) is 17.3 Å². The number of aliphatic hydroxyl groups is 1. The highest BCUT2D eigenvalue weighted by Crippen LogP contribution is 2.58. The number of rotatable bonds is 0. The zero-order chi connectivity index (χ0) is 13.1. The molecule has 1 unspecified atom stereocenters. The Kier molecular flexibility index (Phi) is 2.44. The molecule has 3 nitrogen and oxygen atoms in total. The van der Waals surface area contributed by atoms with Crippen molar-refractivity contribution in [3.8, 4) is 0 Å². The van der Waals surface area contributed by atoms with E-state index in [0.717, 1.165) is 32.1 Å². The van der Waals surface area contributed by atoms with Crippen molar-refractivity contribution in [2.45, 2.75) is 57.7 Å². The molecule has 0 spiro atoms. The summed E-state index contributed by atoms with van der Waals surface area (Å²) >= 11 is 0. The molecule has 1 saturated heterocycles. The second-order valence-electron chi connectivity index (χ2n) is 6.88. The third-order valence-corrected chi connectivity index (χ3v) is 5.56. The molecule has 0 aromatic carbocycles. The van der Waals surface area contributed by atoms with Crippen molar-refractivity contribution in [1.29, 1.82) is 0 Å². The summed E-state index contributed by atoms with van der Waals surface area (Å²) in [7, 11) is 0. The maximum Gasteiger partial charge on any atom is 0.334 e. The molecule has 0 amide bonds. The van der Waals surface area contributed by atoms with E-state index in [1.807, 2.05) is 6.92 Å². The zero-order valence-corrected chi connectivity index (χ0v) is 11.2. The number of hydrogen-bond acceptors (Lipinski definition) is 3. The molecule has 3 rings (SSSR count). The maximum atomic E-state index is 11.7. The Labute approximate surface area is 108 Å². The summed E-state index contributed by atoms with van der Waals surface area (Å²) in [6.45, 7) is 8.03. The van der Waals surface area contributed by atoms with E-state index in [4.69, 9.17) is 4.74 Å². The number of esters is 1. The van der Waals surface area contributed by atoms with Crippen molar-refractivity contribution < 1.29 is 14.6 Å². The van der Waals surface area contributed by atoms with E-state index in [9.17, 15) is 9.90 Å². The Morgan fingerprint density at radius 3 is 2.78 bits per heavy atom. The largest absolute Gasteiger partial charge is 0.458 e. The van der Waals surface area contributed by atoms with Gasteiger partial charge in [0.25, 0.3) is 0 Å². The van der Waals surface area contributed by atoms with Gasteiger partial charge in [0.15, 0.2) is 0 Å². The smallest absolute Gasteiger partial charge is 0.334 e. The van der Waals surface area contributed by atoms with Crippen LogP contribution in [0.5, 0.6) is 0 Å². The molecule has 1 aliphatic heterocycles. The Hall–Kier alpha value is -0.830. The average Bonchev–Trinajstić information content (AvgIpc) is 2.52. The first-order valence-electron chi connectivity index (χ1n) is 6.97. The summed E-state index contributed by atoms with van der Waals surface area (Å²) < 4.78 is 5.55. The first-order valence-corrected chi connectivity index (χ1v) is 6.97. The van der Waals surface area contributed by atoms with Crippen LogP contribution in [-0.4, -0.2) is 22.8 Å². The Morgan fingerprint density at radius 2 is 2.06 bits per heavy atom. The molecule has 18 heavy (non-hydrogen) atoms. The summed E-state index contributed by atoms with van der Waals surface area (Å²) in [5, 5.41) is 10.7. The van der Waals surface area contributed by atoms with Gasteiger partial charge in [0, 0.05) is 17.4 Å². The average molecular weight is 250 g/mol. The van der Waals surface area contributed by atoms with Crippen LogP contribution in [0.3, 0.4) is 0 Å². The molecule has 2 aliphatic carbocycles. The van der Waals surface area contributed by atoms with Gasteiger partial charge in [-0.3, -0.25) is 0 Å². The van der Waals surface area contributed by atoms with E-state index in [2.05, 4.69) is 13.5 Å². The van der Waals surface area contributed by atoms with Crippen molar-refractivity contribution in [2.24, 2.45) is 17.3 Å². The molecule has 1 N–H and O–H groups in total. The lowest BCUT2D eigenvalue weighted by atomic mass is 9.52. The molecule has 2 saturated carbocycles. The fraction of sp³-hybridized carbons (Fsp3) is 0.800. The SMILES string of the molecule is C=C1C(=O)O[C@@H]2C3[C@](C)(CCC[C@@]3(C)O)CC[C@@H]12. The fourth-order valence-corrected chi connectivity index (χ4v) is 4.70. The van der Waals surface area contributed by atoms with Gasteiger partial charge in [-0.05, 0) is 38.0 Å². The van der Waals surface area contributed by atoms with E-state index in [0.29, 0.717) is 5.57 Å². The van der Waals surface area contributed by atoms with Crippen LogP contribution in [0.4, 0.5) is 0 Å². The molecule has 3 heteroatoms. The molecule has 0 radical (unpaired) electrons. The van der Waals surface area contributed by atoms with Crippen LogP contribution in [-0.2, 0) is 9.53 Å². The monoisotopic (exact) mass is 250 g/mol. The third kappa shape index (κ3) is 1.49. The minimum atomic E-state index is -0.721. The van der Waals surface area contributed by atoms with Crippen molar-refractivity contribution in [1.82, 2.24) is 0 Å². The Bertz CT molecular complexity index is 412. The van der Waals surface area contributed by atoms with E-state index in [1.54, 1.807) is 0 Å². The van der Waals surface area contributed by atoms with Crippen molar-refractivity contribution in [2.75, 3.05) is 0 Å². The summed E-state index contributed by atoms with van der Waals surface area (Å²) in [6, 6.07) is 0. The molecule has 0 aromatic rings. The van der Waals surface area contributed by atoms with Gasteiger partial charge in [-0.1, -0.05) is 19.9 Å². The van der Waals surface area contributed by atoms with Crippen LogP contribution in [0.25, 0.3) is 0 Å². The van der Waals surface area contributed by atoms with Crippen molar-refractivity contribution in [3.63, 3.8) is 0 Å². The summed E-state index contributed by atoms with van der Waals surface area (Å²) in [5.41, 5.74) is -0.00174. The molecule has 100 valence electrons. The minimum Gasteiger partial charge on any atom is -0.458 e. The topological polar surface area (TPSA) is 46.5 Å². The molecular weight excluding hydrogens is 228 g/mol. The first-order chi connectivity index (χ1) is 8.35. The quantitative estimate of drug-likeness (QED) is 0.530. The molecular formula is C15H22O3. The van der Waals surface area contributed by atoms with Gasteiger partial charge in [-0.25, -0.2) is 4.79 Å². The van der Waals surface area contributed by atoms with E-state index in [-0.39, 0.29) is 29.3 Å². The fourth-order valence-electron chi connectivity index (χ4n) is 4.70. The molecule has 1 heterocycles. The third-order valence-electron chi connectivity index (χ3n) is 5.56. The van der Waals surface area contributed by atoms with E-state index in [1.165, 1.54) is 0 Å². The molecule has 3 aliphatic rings. The lowest BCUT2D eigenvalue weighted by Crippen LogP contribution is -2.57. The van der Waals surface area contributed by atoms with Gasteiger partial charge >= 0.3 is 5.97 Å². The maximum absolute atomic E-state index is 11.7. The molecule has 0 aromatic heterocycles. The number of fused-ring (bicyclic) bond motifs is 3. The summed E-state index contributed by atoms with van der Waals surface area (Å²) in [5.74, 6) is -0.0727. The lowest BCUT2D eigenvalue weighted by molar-refractivity contribution is -0.181. The molecule has 0 bridgehead atoms. The predicted molar refractivity (Wildman–Crippen MR) is 67.8 cm³/mol. The summed E-state index contributed by atoms with van der Waals surface area (Å²) in [6.07, 6.45) is 4.87. The zero-order valence-electron chi connectivity index (χ0n) is 11.2.